The Balaban J connectivity index is 1.70. The molecule has 160 valence electrons. The van der Waals surface area contributed by atoms with Crippen molar-refractivity contribution in [3.63, 3.8) is 0 Å². The highest BCUT2D eigenvalue weighted by molar-refractivity contribution is 6.31. The number of H-pyrrole nitrogens is 1. The van der Waals surface area contributed by atoms with Crippen LogP contribution in [0.3, 0.4) is 0 Å². The van der Waals surface area contributed by atoms with Gasteiger partial charge in [0.2, 0.25) is 0 Å². The highest BCUT2D eigenvalue weighted by Gasteiger charge is 2.43. The molecule has 8 heteroatoms. The first-order valence-corrected chi connectivity index (χ1v) is 10.4. The molecule has 1 aliphatic rings. The van der Waals surface area contributed by atoms with Crippen molar-refractivity contribution in [2.24, 2.45) is 0 Å². The van der Waals surface area contributed by atoms with Gasteiger partial charge in [0.15, 0.2) is 0 Å². The van der Waals surface area contributed by atoms with Crippen molar-refractivity contribution in [1.82, 2.24) is 20.1 Å². The van der Waals surface area contributed by atoms with Crippen molar-refractivity contribution >= 4 is 17.5 Å². The molecule has 4 aromatic rings. The number of pyridine rings is 1. The minimum absolute atomic E-state index is 0.0216. The highest BCUT2D eigenvalue weighted by atomic mass is 35.5. The van der Waals surface area contributed by atoms with Crippen LogP contribution in [0.25, 0.3) is 11.3 Å². The Hall–Kier alpha value is -3.71. The van der Waals surface area contributed by atoms with Gasteiger partial charge in [-0.05, 0) is 42.3 Å². The van der Waals surface area contributed by atoms with Crippen LogP contribution >= 0.6 is 11.6 Å². The van der Waals surface area contributed by atoms with E-state index in [1.807, 2.05) is 6.07 Å². The van der Waals surface area contributed by atoms with Crippen LogP contribution < -0.4 is 0 Å². The smallest absolute Gasteiger partial charge is 0.273 e. The summed E-state index contributed by atoms with van der Waals surface area (Å²) < 4.78 is 15.0. The second-order valence-electron chi connectivity index (χ2n) is 7.70. The summed E-state index contributed by atoms with van der Waals surface area (Å²) in [5.41, 5.74) is 3.34. The molecule has 3 heterocycles. The summed E-state index contributed by atoms with van der Waals surface area (Å²) in [5, 5.41) is 18.2. The number of benzene rings is 2. The summed E-state index contributed by atoms with van der Waals surface area (Å²) in [5.74, 6) is -0.771. The molecule has 0 fully saturated rings. The van der Waals surface area contributed by atoms with Gasteiger partial charge in [0.25, 0.3) is 5.91 Å². The van der Waals surface area contributed by atoms with Gasteiger partial charge in [0.05, 0.1) is 6.04 Å². The minimum Gasteiger partial charge on any atom is -0.507 e. The summed E-state index contributed by atoms with van der Waals surface area (Å²) in [6.45, 7) is 2.01. The molecule has 1 aliphatic heterocycles. The lowest BCUT2D eigenvalue weighted by Crippen LogP contribution is -2.29. The number of carbonyl (C=O) groups excluding carboxylic acids is 1. The van der Waals surface area contributed by atoms with Gasteiger partial charge < -0.3 is 10.0 Å². The molecule has 0 saturated carbocycles. The predicted molar refractivity (Wildman–Crippen MR) is 118 cm³/mol. The van der Waals surface area contributed by atoms with Crippen molar-refractivity contribution in [3.8, 4) is 17.0 Å². The Bertz CT molecular complexity index is 1340. The van der Waals surface area contributed by atoms with Gasteiger partial charge in [-0.2, -0.15) is 5.10 Å². The Kier molecular flexibility index (Phi) is 4.90. The van der Waals surface area contributed by atoms with Crippen LogP contribution in [0.1, 0.15) is 38.8 Å². The van der Waals surface area contributed by atoms with Crippen molar-refractivity contribution in [1.29, 1.82) is 0 Å². The maximum Gasteiger partial charge on any atom is 0.273 e. The zero-order chi connectivity index (χ0) is 22.4. The Morgan fingerprint density at radius 1 is 1.22 bits per heavy atom. The van der Waals surface area contributed by atoms with Crippen molar-refractivity contribution in [3.05, 3.63) is 99.7 Å². The number of nitrogens with one attached hydrogen (secondary N) is 1. The normalized spacial score (nSPS) is 15.3. The second kappa shape index (κ2) is 7.76. The Labute approximate surface area is 188 Å². The van der Waals surface area contributed by atoms with Crippen LogP contribution in [0.4, 0.5) is 4.39 Å². The zero-order valence-corrected chi connectivity index (χ0v) is 17.8. The highest BCUT2D eigenvalue weighted by Crippen LogP contribution is 2.46. The van der Waals surface area contributed by atoms with E-state index in [9.17, 15) is 14.3 Å². The molecule has 0 saturated heterocycles. The van der Waals surface area contributed by atoms with Crippen molar-refractivity contribution < 1.29 is 14.3 Å². The number of aromatic nitrogens is 3. The SMILES string of the molecule is Cc1cc(O)c(-c2n[nH]c3c2[C@@H](c2ccccc2F)N(Cc2cccnc2)C3=O)cc1Cl. The first-order valence-electron chi connectivity index (χ1n) is 9.97. The number of phenolic OH excluding ortho intramolecular Hbond substituents is 1. The summed E-state index contributed by atoms with van der Waals surface area (Å²) >= 11 is 6.30. The number of nitrogens with zero attached hydrogens (tertiary/aromatic N) is 3. The quantitative estimate of drug-likeness (QED) is 0.459. The van der Waals surface area contributed by atoms with Gasteiger partial charge in [-0.25, -0.2) is 4.39 Å². The van der Waals surface area contributed by atoms with Gasteiger partial charge >= 0.3 is 0 Å². The predicted octanol–water partition coefficient (Wildman–Crippen LogP) is 5.02. The van der Waals surface area contributed by atoms with E-state index in [1.165, 1.54) is 6.07 Å². The molecule has 6 nitrogen and oxygen atoms in total. The summed E-state index contributed by atoms with van der Waals surface area (Å²) in [7, 11) is 0. The number of carbonyl (C=O) groups is 1. The molecular formula is C24H18ClFN4O2. The molecule has 2 aromatic heterocycles. The molecule has 2 aromatic carbocycles. The lowest BCUT2D eigenvalue weighted by atomic mass is 9.95. The summed E-state index contributed by atoms with van der Waals surface area (Å²) in [6.07, 6.45) is 3.32. The fraction of sp³-hybridized carbons (Fsp3) is 0.125. The molecule has 5 rings (SSSR count). The van der Waals surface area contributed by atoms with E-state index in [1.54, 1.807) is 60.6 Å². The number of aromatic hydroxyl groups is 1. The lowest BCUT2D eigenvalue weighted by Gasteiger charge is -2.26. The molecule has 0 bridgehead atoms. The number of rotatable bonds is 4. The van der Waals surface area contributed by atoms with Crippen molar-refractivity contribution in [2.45, 2.75) is 19.5 Å². The average Bonchev–Trinajstić information content (AvgIpc) is 3.32. The molecule has 1 atom stereocenters. The monoisotopic (exact) mass is 448 g/mol. The van der Waals surface area contributed by atoms with Crippen LogP contribution in [-0.2, 0) is 6.54 Å². The van der Waals surface area contributed by atoms with Gasteiger partial charge in [-0.15, -0.1) is 0 Å². The number of amides is 1. The van der Waals surface area contributed by atoms with E-state index < -0.39 is 11.9 Å². The number of hydrogen-bond donors (Lipinski definition) is 2. The van der Waals surface area contributed by atoms with Crippen molar-refractivity contribution in [2.75, 3.05) is 0 Å². The number of hydrogen-bond acceptors (Lipinski definition) is 4. The van der Waals surface area contributed by atoms with E-state index in [0.717, 1.165) is 5.56 Å². The van der Waals surface area contributed by atoms with Gasteiger partial charge in [-0.3, -0.25) is 14.9 Å². The topological polar surface area (TPSA) is 82.1 Å². The summed E-state index contributed by atoms with van der Waals surface area (Å²) in [6, 6.07) is 12.4. The fourth-order valence-corrected chi connectivity index (χ4v) is 4.29. The average molecular weight is 449 g/mol. The fourth-order valence-electron chi connectivity index (χ4n) is 4.13. The summed E-state index contributed by atoms with van der Waals surface area (Å²) in [4.78, 5) is 19.1. The molecule has 0 radical (unpaired) electrons. The third-order valence-corrected chi connectivity index (χ3v) is 6.08. The van der Waals surface area contributed by atoms with E-state index in [2.05, 4.69) is 15.2 Å². The first kappa shape index (κ1) is 20.2. The lowest BCUT2D eigenvalue weighted by molar-refractivity contribution is 0.0728. The van der Waals surface area contributed by atoms with E-state index in [-0.39, 0.29) is 23.9 Å². The molecule has 0 aliphatic carbocycles. The molecule has 1 amide bonds. The van der Waals surface area contributed by atoms with Crippen LogP contribution in [-0.4, -0.2) is 31.1 Å². The van der Waals surface area contributed by atoms with E-state index in [0.29, 0.717) is 33.0 Å². The van der Waals surface area contributed by atoms with Gasteiger partial charge in [0, 0.05) is 40.7 Å². The number of phenols is 1. The van der Waals surface area contributed by atoms with E-state index >= 15 is 0 Å². The second-order valence-corrected chi connectivity index (χ2v) is 8.11. The molecule has 32 heavy (non-hydrogen) atoms. The Morgan fingerprint density at radius 2 is 2.03 bits per heavy atom. The minimum atomic E-state index is -0.743. The van der Waals surface area contributed by atoms with Gasteiger partial charge in [0.1, 0.15) is 23.0 Å². The molecular weight excluding hydrogens is 431 g/mol. The maximum atomic E-state index is 15.0. The molecule has 0 unspecified atom stereocenters. The van der Waals surface area contributed by atoms with Crippen LogP contribution in [0, 0.1) is 12.7 Å². The first-order chi connectivity index (χ1) is 15.5. The zero-order valence-electron chi connectivity index (χ0n) is 17.0. The van der Waals surface area contributed by atoms with Gasteiger partial charge in [-0.1, -0.05) is 35.9 Å². The van der Waals surface area contributed by atoms with E-state index in [4.69, 9.17) is 11.6 Å². The number of aryl methyl sites for hydroxylation is 1. The van der Waals surface area contributed by atoms with Crippen LogP contribution in [0.5, 0.6) is 5.75 Å². The number of halogens is 2. The third kappa shape index (κ3) is 3.22. The molecule has 0 spiro atoms. The van der Waals surface area contributed by atoms with Crippen LogP contribution in [0.15, 0.2) is 60.9 Å². The maximum absolute atomic E-state index is 15.0. The number of aromatic amines is 1. The third-order valence-electron chi connectivity index (χ3n) is 5.67. The molecule has 2 N–H and O–H groups in total. The Morgan fingerprint density at radius 3 is 2.78 bits per heavy atom. The van der Waals surface area contributed by atoms with Crippen LogP contribution in [0.2, 0.25) is 5.02 Å². The largest absolute Gasteiger partial charge is 0.507 e. The standard InChI is InChI=1S/C24H18ClFN4O2/c1-13-9-19(31)16(10-17(13)25)21-20-22(29-28-21)24(32)30(12-14-5-4-8-27-11-14)23(20)15-6-2-3-7-18(15)26/h2-11,23,31H,12H2,1H3,(H,28,29)/t23-/m1/s1. The number of fused-ring (bicyclic) bond motifs is 1.